The number of aromatic nitrogens is 6. The van der Waals surface area contributed by atoms with Gasteiger partial charge in [-0.25, -0.2) is 18.9 Å². The Labute approximate surface area is 217 Å². The first-order chi connectivity index (χ1) is 18.2. The molecule has 0 fully saturated rings. The number of ether oxygens (including phenoxy) is 1. The number of benzene rings is 2. The monoisotopic (exact) mass is 515 g/mol. The Kier molecular flexibility index (Phi) is 6.37. The molecule has 5 aromatic rings. The summed E-state index contributed by atoms with van der Waals surface area (Å²) >= 11 is 0. The van der Waals surface area contributed by atoms with Crippen molar-refractivity contribution in [2.75, 3.05) is 23.0 Å². The van der Waals surface area contributed by atoms with Gasteiger partial charge >= 0.3 is 6.03 Å². The second-order valence-corrected chi connectivity index (χ2v) is 9.51. The minimum Gasteiger partial charge on any atom is -0.439 e. The van der Waals surface area contributed by atoms with E-state index in [1.54, 1.807) is 30.1 Å². The summed E-state index contributed by atoms with van der Waals surface area (Å²) in [5, 5.41) is 20.8. The van der Waals surface area contributed by atoms with Crippen LogP contribution in [0.1, 0.15) is 26.5 Å². The molecule has 0 radical (unpaired) electrons. The molecule has 2 aromatic carbocycles. The summed E-state index contributed by atoms with van der Waals surface area (Å²) in [6, 6.07) is 12.4. The molecule has 4 N–H and O–H groups in total. The fourth-order valence-corrected chi connectivity index (χ4v) is 3.67. The van der Waals surface area contributed by atoms with E-state index < -0.39 is 11.8 Å². The highest BCUT2D eigenvalue weighted by Gasteiger charge is 2.22. The van der Waals surface area contributed by atoms with Crippen molar-refractivity contribution < 1.29 is 13.9 Å². The second kappa shape index (κ2) is 9.81. The van der Waals surface area contributed by atoms with Crippen LogP contribution < -0.4 is 20.7 Å². The van der Waals surface area contributed by atoms with E-state index in [9.17, 15) is 9.18 Å². The van der Waals surface area contributed by atoms with E-state index in [1.165, 1.54) is 24.4 Å². The van der Waals surface area contributed by atoms with E-state index in [-0.39, 0.29) is 22.7 Å². The molecule has 5 rings (SSSR count). The predicted molar refractivity (Wildman–Crippen MR) is 143 cm³/mol. The second-order valence-electron chi connectivity index (χ2n) is 9.51. The maximum atomic E-state index is 14.6. The number of rotatable bonds is 6. The van der Waals surface area contributed by atoms with Crippen molar-refractivity contribution in [3.63, 3.8) is 0 Å². The Bertz CT molecular complexity index is 1620. The summed E-state index contributed by atoms with van der Waals surface area (Å²) in [6.07, 6.45) is 3.25. The molecule has 0 saturated heterocycles. The minimum atomic E-state index is -0.647. The third-order valence-corrected chi connectivity index (χ3v) is 5.65. The molecule has 0 unspecified atom stereocenters. The molecule has 3 aromatic heterocycles. The number of H-pyrrole nitrogens is 1. The first kappa shape index (κ1) is 24.7. The number of hydrogen-bond acceptors (Lipinski definition) is 7. The quantitative estimate of drug-likeness (QED) is 0.236. The molecule has 194 valence electrons. The molecule has 3 heterocycles. The lowest BCUT2D eigenvalue weighted by Crippen LogP contribution is -2.22. The van der Waals surface area contributed by atoms with Crippen LogP contribution in [0.4, 0.5) is 26.6 Å². The van der Waals surface area contributed by atoms with E-state index in [0.717, 1.165) is 22.3 Å². The number of amides is 2. The van der Waals surface area contributed by atoms with Crippen LogP contribution in [-0.4, -0.2) is 43.0 Å². The number of halogens is 1. The topological polar surface area (TPSA) is 135 Å². The van der Waals surface area contributed by atoms with Crippen LogP contribution in [0.25, 0.3) is 16.6 Å². The lowest BCUT2D eigenvalue weighted by Gasteiger charge is -2.14. The lowest BCUT2D eigenvalue weighted by atomic mass is 9.92. The first-order valence-corrected chi connectivity index (χ1v) is 11.8. The van der Waals surface area contributed by atoms with E-state index in [1.807, 2.05) is 39.0 Å². The zero-order valence-corrected chi connectivity index (χ0v) is 21.2. The van der Waals surface area contributed by atoms with Crippen molar-refractivity contribution in [3.05, 3.63) is 72.4 Å². The maximum Gasteiger partial charge on any atom is 0.324 e. The predicted octanol–water partition coefficient (Wildman–Crippen LogP) is 5.45. The van der Waals surface area contributed by atoms with Gasteiger partial charge in [-0.1, -0.05) is 20.8 Å². The number of hydrogen-bond donors (Lipinski definition) is 4. The van der Waals surface area contributed by atoms with Crippen LogP contribution in [0, 0.1) is 5.82 Å². The highest BCUT2D eigenvalue weighted by atomic mass is 19.1. The molecule has 38 heavy (non-hydrogen) atoms. The fraction of sp³-hybridized carbons (Fsp3) is 0.192. The Morgan fingerprint density at radius 2 is 1.92 bits per heavy atom. The van der Waals surface area contributed by atoms with Gasteiger partial charge < -0.3 is 15.4 Å². The summed E-state index contributed by atoms with van der Waals surface area (Å²) in [5.74, 6) is 0.722. The molecule has 0 atom stereocenters. The van der Waals surface area contributed by atoms with Crippen LogP contribution >= 0.6 is 0 Å². The number of fused-ring (bicyclic) bond motifs is 1. The Morgan fingerprint density at radius 1 is 1.08 bits per heavy atom. The molecule has 11 nitrogen and oxygen atoms in total. The largest absolute Gasteiger partial charge is 0.439 e. The SMILES string of the molecule is CNc1nccc(Oc2ccc(F)c(NC(=O)Nc3cc(C(C)(C)C)nn3-c3ccc4[nH]ncc4c3)c2)n1. The smallest absolute Gasteiger partial charge is 0.324 e. The van der Waals surface area contributed by atoms with Crippen molar-refractivity contribution in [2.45, 2.75) is 26.2 Å². The van der Waals surface area contributed by atoms with E-state index in [4.69, 9.17) is 9.84 Å². The standard InChI is InChI=1S/C26H26FN9O2/c1-26(2,3)21-13-22(36(35-21)16-5-8-19-15(11-16)14-30-34-19)32-25(37)31-20-12-17(6-7-18(20)27)38-23-9-10-29-24(28-4)33-23/h5-14H,1-4H3,(H,30,34)(H,28,29,33)(H2,31,32,37). The van der Waals surface area contributed by atoms with Gasteiger partial charge in [0, 0.05) is 42.2 Å². The van der Waals surface area contributed by atoms with Gasteiger partial charge in [-0.15, -0.1) is 0 Å². The highest BCUT2D eigenvalue weighted by molar-refractivity contribution is 5.99. The summed E-state index contributed by atoms with van der Waals surface area (Å²) in [5.41, 5.74) is 2.05. The Hall–Kier alpha value is -5.00. The van der Waals surface area contributed by atoms with Crippen LogP contribution in [-0.2, 0) is 5.41 Å². The van der Waals surface area contributed by atoms with E-state index in [0.29, 0.717) is 11.8 Å². The molecule has 2 amide bonds. The zero-order valence-electron chi connectivity index (χ0n) is 21.2. The Balaban J connectivity index is 1.39. The Morgan fingerprint density at radius 3 is 2.71 bits per heavy atom. The average Bonchev–Trinajstić information content (AvgIpc) is 3.53. The third kappa shape index (κ3) is 5.24. The van der Waals surface area contributed by atoms with Gasteiger partial charge in [0.1, 0.15) is 17.4 Å². The number of carbonyl (C=O) groups is 1. The molecular formula is C26H26FN9O2. The molecule has 0 aliphatic carbocycles. The number of carbonyl (C=O) groups excluding carboxylic acids is 1. The summed E-state index contributed by atoms with van der Waals surface area (Å²) in [7, 11) is 1.68. The van der Waals surface area contributed by atoms with Crippen LogP contribution in [0.3, 0.4) is 0 Å². The van der Waals surface area contributed by atoms with Crippen molar-refractivity contribution in [3.8, 4) is 17.3 Å². The number of nitrogens with one attached hydrogen (secondary N) is 4. The van der Waals surface area contributed by atoms with Crippen molar-refractivity contribution >= 4 is 34.4 Å². The summed E-state index contributed by atoms with van der Waals surface area (Å²) < 4.78 is 21.9. The number of nitrogens with zero attached hydrogens (tertiary/aromatic N) is 5. The van der Waals surface area contributed by atoms with Gasteiger partial charge in [0.25, 0.3) is 0 Å². The molecular weight excluding hydrogens is 489 g/mol. The van der Waals surface area contributed by atoms with Gasteiger partial charge in [0.05, 0.1) is 28.8 Å². The molecule has 0 spiro atoms. The first-order valence-electron chi connectivity index (χ1n) is 11.8. The van der Waals surface area contributed by atoms with Gasteiger partial charge in [-0.05, 0) is 30.3 Å². The summed E-state index contributed by atoms with van der Waals surface area (Å²) in [4.78, 5) is 21.2. The van der Waals surface area contributed by atoms with Gasteiger partial charge in [0.2, 0.25) is 11.8 Å². The zero-order chi connectivity index (χ0) is 26.9. The maximum absolute atomic E-state index is 14.6. The minimum absolute atomic E-state index is 0.0650. The normalized spacial score (nSPS) is 11.4. The molecule has 12 heteroatoms. The van der Waals surface area contributed by atoms with Crippen molar-refractivity contribution in [1.82, 2.24) is 29.9 Å². The average molecular weight is 516 g/mol. The van der Waals surface area contributed by atoms with Crippen LogP contribution in [0.5, 0.6) is 11.6 Å². The van der Waals surface area contributed by atoms with Gasteiger partial charge in [0.15, 0.2) is 0 Å². The number of anilines is 3. The van der Waals surface area contributed by atoms with Gasteiger partial charge in [-0.3, -0.25) is 10.4 Å². The van der Waals surface area contributed by atoms with Gasteiger partial charge in [-0.2, -0.15) is 15.2 Å². The van der Waals surface area contributed by atoms with E-state index in [2.05, 4.69) is 36.1 Å². The van der Waals surface area contributed by atoms with Crippen molar-refractivity contribution in [1.29, 1.82) is 0 Å². The third-order valence-electron chi connectivity index (χ3n) is 5.65. The molecule has 0 aliphatic heterocycles. The molecule has 0 saturated carbocycles. The highest BCUT2D eigenvalue weighted by Crippen LogP contribution is 2.29. The lowest BCUT2D eigenvalue weighted by molar-refractivity contribution is 0.262. The van der Waals surface area contributed by atoms with E-state index >= 15 is 0 Å². The van der Waals surface area contributed by atoms with Crippen molar-refractivity contribution in [2.24, 2.45) is 0 Å². The molecule has 0 bridgehead atoms. The van der Waals surface area contributed by atoms with Crippen LogP contribution in [0.15, 0.2) is 60.9 Å². The summed E-state index contributed by atoms with van der Waals surface area (Å²) in [6.45, 7) is 6.09. The molecule has 0 aliphatic rings. The van der Waals surface area contributed by atoms with Crippen LogP contribution in [0.2, 0.25) is 0 Å². The number of aromatic amines is 1. The number of urea groups is 1. The fourth-order valence-electron chi connectivity index (χ4n) is 3.67.